The van der Waals surface area contributed by atoms with E-state index in [4.69, 9.17) is 0 Å². The molecule has 0 amide bonds. The molecular weight excluding hydrogens is 476 g/mol. The number of Topliss-reactive ketones (excluding diaryl/α,β-unsaturated/α-hetero) is 1. The molecule has 1 unspecified atom stereocenters. The van der Waals surface area contributed by atoms with E-state index in [1.807, 2.05) is 29.8 Å². The van der Waals surface area contributed by atoms with E-state index >= 15 is 0 Å². The Bertz CT molecular complexity index is 1620. The zero-order chi connectivity index (χ0) is 26.8. The fraction of sp³-hybridized carbons (Fsp3) is 0.278. The molecule has 39 heavy (non-hydrogen) atoms. The van der Waals surface area contributed by atoms with Crippen LogP contribution in [0.3, 0.4) is 0 Å². The van der Waals surface area contributed by atoms with Gasteiger partial charge in [-0.15, -0.1) is 0 Å². The molecule has 0 bridgehead atoms. The average Bonchev–Trinajstić information content (AvgIpc) is 3.71. The van der Waals surface area contributed by atoms with Crippen LogP contribution in [0, 0.1) is 12.8 Å². The van der Waals surface area contributed by atoms with Crippen molar-refractivity contribution in [1.29, 1.82) is 0 Å². The van der Waals surface area contributed by atoms with E-state index in [9.17, 15) is 4.79 Å². The molecule has 0 saturated heterocycles. The van der Waals surface area contributed by atoms with E-state index in [-0.39, 0.29) is 5.78 Å². The highest BCUT2D eigenvalue weighted by molar-refractivity contribution is 5.96. The summed E-state index contributed by atoms with van der Waals surface area (Å²) in [4.78, 5) is 13.6. The smallest absolute Gasteiger partial charge is 0.185 e. The summed E-state index contributed by atoms with van der Waals surface area (Å²) in [6.45, 7) is 4.09. The van der Waals surface area contributed by atoms with Crippen LogP contribution in [0.5, 0.6) is 0 Å². The van der Waals surface area contributed by atoms with Crippen LogP contribution in [0.1, 0.15) is 77.0 Å². The van der Waals surface area contributed by atoms with E-state index in [0.29, 0.717) is 18.0 Å². The third-order valence-corrected chi connectivity index (χ3v) is 8.14. The molecule has 1 atom stereocenters. The van der Waals surface area contributed by atoms with Gasteiger partial charge < -0.3 is 0 Å². The monoisotopic (exact) mass is 512 g/mol. The Kier molecular flexibility index (Phi) is 7.15. The van der Waals surface area contributed by atoms with E-state index in [2.05, 4.69) is 90.9 Å². The molecule has 0 N–H and O–H groups in total. The van der Waals surface area contributed by atoms with Crippen LogP contribution in [-0.2, 0) is 12.8 Å². The van der Waals surface area contributed by atoms with E-state index in [1.165, 1.54) is 46.7 Å². The lowest BCUT2D eigenvalue weighted by Gasteiger charge is -2.20. The normalized spacial score (nSPS) is 14.0. The first-order chi connectivity index (χ1) is 19.1. The maximum Gasteiger partial charge on any atom is 0.185 e. The Hall–Kier alpha value is -3.98. The number of ketones is 1. The summed E-state index contributed by atoms with van der Waals surface area (Å²) in [7, 11) is 0. The summed E-state index contributed by atoms with van der Waals surface area (Å²) in [6, 6.07) is 34.4. The van der Waals surface area contributed by atoms with Crippen molar-refractivity contribution < 1.29 is 4.79 Å². The molecule has 0 aliphatic heterocycles. The zero-order valence-electron chi connectivity index (χ0n) is 22.9. The topological polar surface area (TPSA) is 34.9 Å². The standard InChI is InChI=1S/C36H36N2O/c1-3-26-8-7-13-33(22-26)38-35(20-25(2)37-38)36(39)23-28-9-6-12-31(21-28)34(19-16-27-14-15-27)32-18-17-29-10-4-5-11-30(29)24-32/h4-13,17-18,20-22,24,27,34H,3,14-16,19,23H2,1-2H3. The lowest BCUT2D eigenvalue weighted by Crippen LogP contribution is -2.12. The highest BCUT2D eigenvalue weighted by atomic mass is 16.1. The first-order valence-electron chi connectivity index (χ1n) is 14.3. The van der Waals surface area contributed by atoms with Crippen LogP contribution < -0.4 is 0 Å². The van der Waals surface area contributed by atoms with Crippen LogP contribution in [-0.4, -0.2) is 15.6 Å². The number of aromatic nitrogens is 2. The number of rotatable bonds is 10. The van der Waals surface area contributed by atoms with Gasteiger partial charge in [0.15, 0.2) is 5.78 Å². The number of benzene rings is 4. The number of fused-ring (bicyclic) bond motifs is 1. The highest BCUT2D eigenvalue weighted by Gasteiger charge is 2.24. The largest absolute Gasteiger partial charge is 0.292 e. The maximum absolute atomic E-state index is 13.6. The van der Waals surface area contributed by atoms with Gasteiger partial charge in [0.25, 0.3) is 0 Å². The summed E-state index contributed by atoms with van der Waals surface area (Å²) in [5, 5.41) is 7.23. The lowest BCUT2D eigenvalue weighted by atomic mass is 9.85. The maximum atomic E-state index is 13.6. The molecule has 1 saturated carbocycles. The predicted octanol–water partition coefficient (Wildman–Crippen LogP) is 8.64. The van der Waals surface area contributed by atoms with E-state index < -0.39 is 0 Å². The first-order valence-corrected chi connectivity index (χ1v) is 14.3. The number of carbonyl (C=O) groups is 1. The molecule has 0 spiro atoms. The lowest BCUT2D eigenvalue weighted by molar-refractivity contribution is 0.0985. The third-order valence-electron chi connectivity index (χ3n) is 8.14. The fourth-order valence-electron chi connectivity index (χ4n) is 5.76. The van der Waals surface area contributed by atoms with Gasteiger partial charge in [-0.1, -0.05) is 98.6 Å². The molecule has 1 heterocycles. The SMILES string of the molecule is CCc1cccc(-n2nc(C)cc2C(=O)Cc2cccc(C(CCC3CC3)c3ccc4ccccc4c3)c2)c1. The first kappa shape index (κ1) is 25.3. The van der Waals surface area contributed by atoms with Crippen molar-refractivity contribution in [2.24, 2.45) is 5.92 Å². The van der Waals surface area contributed by atoms with E-state index in [1.54, 1.807) is 0 Å². The minimum atomic E-state index is 0.0925. The van der Waals surface area contributed by atoms with Crippen molar-refractivity contribution >= 4 is 16.6 Å². The van der Waals surface area contributed by atoms with Gasteiger partial charge in [-0.25, -0.2) is 4.68 Å². The Balaban J connectivity index is 1.29. The van der Waals surface area contributed by atoms with Crippen LogP contribution in [0.15, 0.2) is 97.1 Å². The predicted molar refractivity (Wildman–Crippen MR) is 160 cm³/mol. The molecule has 0 radical (unpaired) electrons. The molecule has 3 heteroatoms. The molecule has 1 aromatic heterocycles. The number of hydrogen-bond acceptors (Lipinski definition) is 2. The van der Waals surface area contributed by atoms with Crippen LogP contribution in [0.25, 0.3) is 16.5 Å². The second-order valence-electron chi connectivity index (χ2n) is 11.1. The second kappa shape index (κ2) is 11.0. The van der Waals surface area contributed by atoms with Gasteiger partial charge in [-0.05, 0) is 83.3 Å². The van der Waals surface area contributed by atoms with Crippen molar-refractivity contribution in [3.8, 4) is 5.69 Å². The average molecular weight is 513 g/mol. The summed E-state index contributed by atoms with van der Waals surface area (Å²) in [5.41, 5.74) is 7.39. The highest BCUT2D eigenvalue weighted by Crippen LogP contribution is 2.39. The molecule has 5 aromatic rings. The number of aryl methyl sites for hydroxylation is 2. The quantitative estimate of drug-likeness (QED) is 0.176. The molecule has 1 aliphatic carbocycles. The van der Waals surface area contributed by atoms with Crippen LogP contribution in [0.2, 0.25) is 0 Å². The van der Waals surface area contributed by atoms with Gasteiger partial charge in [-0.2, -0.15) is 5.10 Å². The van der Waals surface area contributed by atoms with E-state index in [0.717, 1.165) is 35.7 Å². The Morgan fingerprint density at radius 2 is 1.62 bits per heavy atom. The minimum absolute atomic E-state index is 0.0925. The molecule has 6 rings (SSSR count). The number of nitrogens with zero attached hydrogens (tertiary/aromatic N) is 2. The summed E-state index contributed by atoms with van der Waals surface area (Å²) >= 11 is 0. The van der Waals surface area contributed by atoms with Crippen molar-refractivity contribution in [2.75, 3.05) is 0 Å². The second-order valence-corrected chi connectivity index (χ2v) is 11.1. The minimum Gasteiger partial charge on any atom is -0.292 e. The third kappa shape index (κ3) is 5.73. The van der Waals surface area contributed by atoms with Gasteiger partial charge in [0, 0.05) is 12.3 Å². The fourth-order valence-corrected chi connectivity index (χ4v) is 5.76. The Labute approximate surface area is 231 Å². The van der Waals surface area contributed by atoms with Crippen molar-refractivity contribution in [2.45, 2.75) is 58.3 Å². The summed E-state index contributed by atoms with van der Waals surface area (Å²) < 4.78 is 1.81. The van der Waals surface area contributed by atoms with Crippen LogP contribution >= 0.6 is 0 Å². The molecule has 196 valence electrons. The Morgan fingerprint density at radius 1 is 0.846 bits per heavy atom. The van der Waals surface area contributed by atoms with Gasteiger partial charge in [-0.3, -0.25) is 4.79 Å². The molecule has 4 aromatic carbocycles. The van der Waals surface area contributed by atoms with Gasteiger partial charge in [0.05, 0.1) is 11.4 Å². The molecule has 1 fully saturated rings. The number of hydrogen-bond donors (Lipinski definition) is 0. The molecular formula is C36H36N2O. The van der Waals surface area contributed by atoms with Gasteiger partial charge in [0.2, 0.25) is 0 Å². The van der Waals surface area contributed by atoms with Crippen molar-refractivity contribution in [3.63, 3.8) is 0 Å². The zero-order valence-corrected chi connectivity index (χ0v) is 22.9. The van der Waals surface area contributed by atoms with Gasteiger partial charge >= 0.3 is 0 Å². The van der Waals surface area contributed by atoms with Crippen LogP contribution in [0.4, 0.5) is 0 Å². The Morgan fingerprint density at radius 3 is 2.44 bits per heavy atom. The summed E-state index contributed by atoms with van der Waals surface area (Å²) in [5.74, 6) is 1.30. The number of carbonyl (C=O) groups excluding carboxylic acids is 1. The van der Waals surface area contributed by atoms with Crippen molar-refractivity contribution in [1.82, 2.24) is 9.78 Å². The molecule has 1 aliphatic rings. The van der Waals surface area contributed by atoms with Gasteiger partial charge in [0.1, 0.15) is 5.69 Å². The van der Waals surface area contributed by atoms with Crippen molar-refractivity contribution in [3.05, 3.63) is 131 Å². The summed E-state index contributed by atoms with van der Waals surface area (Å²) in [6.07, 6.45) is 6.44. The molecule has 3 nitrogen and oxygen atoms in total.